The third-order valence-corrected chi connectivity index (χ3v) is 7.62. The molecule has 0 aliphatic heterocycles. The van der Waals surface area contributed by atoms with Crippen molar-refractivity contribution in [2.75, 3.05) is 17.4 Å². The second-order valence-electron chi connectivity index (χ2n) is 6.99. The molecule has 0 aliphatic rings. The maximum atomic E-state index is 13.4. The van der Waals surface area contributed by atoms with Gasteiger partial charge in [-0.15, -0.1) is 0 Å². The Morgan fingerprint density at radius 2 is 1.39 bits per heavy atom. The van der Waals surface area contributed by atoms with E-state index in [2.05, 4.69) is 15.4 Å². The molecule has 0 unspecified atom stereocenters. The molecule has 0 saturated carbocycles. The van der Waals surface area contributed by atoms with Crippen LogP contribution in [0.15, 0.2) is 58.3 Å². The number of hydrogen-bond donors (Lipinski definition) is 2. The molecule has 13 heteroatoms. The van der Waals surface area contributed by atoms with Gasteiger partial charge in [-0.3, -0.25) is 0 Å². The van der Waals surface area contributed by atoms with Crippen LogP contribution in [0.25, 0.3) is 22.4 Å². The lowest BCUT2D eigenvalue weighted by Crippen LogP contribution is -2.18. The number of nitrogens with zero attached hydrogens (tertiary/aromatic N) is 2. The molecule has 8 nitrogen and oxygen atoms in total. The average molecular weight is 501 g/mol. The third kappa shape index (κ3) is 5.15. The number of anilines is 1. The molecule has 0 bridgehead atoms. The van der Waals surface area contributed by atoms with Crippen LogP contribution >= 0.6 is 0 Å². The smallest absolute Gasteiger partial charge is 0.308 e. The van der Waals surface area contributed by atoms with Gasteiger partial charge in [0.15, 0.2) is 25.5 Å². The van der Waals surface area contributed by atoms with Crippen molar-refractivity contribution in [2.24, 2.45) is 5.84 Å². The summed E-state index contributed by atoms with van der Waals surface area (Å²) in [5.41, 5.74) is 2.53. The first-order valence-corrected chi connectivity index (χ1v) is 12.9. The van der Waals surface area contributed by atoms with Gasteiger partial charge in [-0.05, 0) is 29.8 Å². The summed E-state index contributed by atoms with van der Waals surface area (Å²) < 4.78 is 88.0. The Balaban J connectivity index is 2.29. The summed E-state index contributed by atoms with van der Waals surface area (Å²) >= 11 is 0. The van der Waals surface area contributed by atoms with Gasteiger partial charge in [0, 0.05) is 11.8 Å². The molecule has 1 aromatic heterocycles. The van der Waals surface area contributed by atoms with Crippen molar-refractivity contribution in [3.8, 4) is 22.4 Å². The minimum absolute atomic E-state index is 0.0239. The first kappa shape index (κ1) is 24.6. The van der Waals surface area contributed by atoms with Gasteiger partial charge >= 0.3 is 6.18 Å². The van der Waals surface area contributed by atoms with Crippen molar-refractivity contribution in [2.45, 2.75) is 22.9 Å². The lowest BCUT2D eigenvalue weighted by Gasteiger charge is -2.17. The number of benzene rings is 2. The zero-order valence-corrected chi connectivity index (χ0v) is 19.0. The molecule has 0 radical (unpaired) electrons. The number of alkyl halides is 3. The van der Waals surface area contributed by atoms with Gasteiger partial charge in [-0.2, -0.15) is 13.2 Å². The van der Waals surface area contributed by atoms with E-state index in [9.17, 15) is 30.0 Å². The van der Waals surface area contributed by atoms with Crippen LogP contribution in [0.2, 0.25) is 0 Å². The molecule has 0 atom stereocenters. The second-order valence-corrected chi connectivity index (χ2v) is 11.3. The molecule has 0 spiro atoms. The highest BCUT2D eigenvalue weighted by Crippen LogP contribution is 2.39. The largest absolute Gasteiger partial charge is 0.451 e. The molecule has 0 saturated heterocycles. The highest BCUT2D eigenvalue weighted by Gasteiger charge is 2.36. The predicted molar refractivity (Wildman–Crippen MR) is 117 cm³/mol. The zero-order valence-electron chi connectivity index (χ0n) is 17.4. The van der Waals surface area contributed by atoms with Gasteiger partial charge in [0.2, 0.25) is 5.82 Å². The highest BCUT2D eigenvalue weighted by atomic mass is 32.2. The zero-order chi connectivity index (χ0) is 24.6. The Morgan fingerprint density at radius 3 is 1.85 bits per heavy atom. The van der Waals surface area contributed by atoms with Crippen LogP contribution in [0.5, 0.6) is 0 Å². The summed E-state index contributed by atoms with van der Waals surface area (Å²) in [7, 11) is -7.03. The first-order chi connectivity index (χ1) is 15.3. The van der Waals surface area contributed by atoms with E-state index in [1.54, 1.807) is 0 Å². The van der Waals surface area contributed by atoms with Crippen molar-refractivity contribution in [1.82, 2.24) is 9.97 Å². The van der Waals surface area contributed by atoms with Gasteiger partial charge in [0.05, 0.1) is 26.8 Å². The van der Waals surface area contributed by atoms with Crippen molar-refractivity contribution >= 4 is 25.5 Å². The number of aromatic nitrogens is 2. The Morgan fingerprint density at radius 1 is 0.879 bits per heavy atom. The number of sulfone groups is 2. The number of hydrogen-bond acceptors (Lipinski definition) is 8. The van der Waals surface area contributed by atoms with E-state index in [1.807, 2.05) is 0 Å². The van der Waals surface area contributed by atoms with Crippen molar-refractivity contribution < 1.29 is 30.0 Å². The molecule has 0 fully saturated rings. The number of nitrogens with two attached hydrogens (primary N) is 1. The van der Waals surface area contributed by atoms with Crippen molar-refractivity contribution in [1.29, 1.82) is 0 Å². The third-order valence-electron chi connectivity index (χ3n) is 4.74. The lowest BCUT2D eigenvalue weighted by molar-refractivity contribution is -0.144. The van der Waals surface area contributed by atoms with Crippen LogP contribution in [-0.2, 0) is 25.9 Å². The van der Waals surface area contributed by atoms with Crippen LogP contribution in [0.1, 0.15) is 12.7 Å². The topological polar surface area (TPSA) is 132 Å². The van der Waals surface area contributed by atoms with E-state index in [-0.39, 0.29) is 38.2 Å². The van der Waals surface area contributed by atoms with Crippen molar-refractivity contribution in [3.63, 3.8) is 0 Å². The van der Waals surface area contributed by atoms with Crippen LogP contribution in [0, 0.1) is 0 Å². The molecular formula is C20H19F3N4O4S2. The van der Waals surface area contributed by atoms with Gasteiger partial charge in [0.25, 0.3) is 0 Å². The fraction of sp³-hybridized carbons (Fsp3) is 0.200. The van der Waals surface area contributed by atoms with E-state index in [4.69, 9.17) is 5.84 Å². The van der Waals surface area contributed by atoms with Gasteiger partial charge in [-0.25, -0.2) is 32.6 Å². The van der Waals surface area contributed by atoms with Gasteiger partial charge in [-0.1, -0.05) is 31.2 Å². The SMILES string of the molecule is CCS(=O)(=O)c1ccc(-c2c(NN)nc(C(F)(F)F)nc2-c2ccc(S(C)(=O)=O)cc2)cc1. The quantitative estimate of drug-likeness (QED) is 0.389. The molecule has 176 valence electrons. The Bertz CT molecular complexity index is 1390. The maximum absolute atomic E-state index is 13.4. The monoisotopic (exact) mass is 500 g/mol. The molecule has 3 rings (SSSR count). The molecular weight excluding hydrogens is 481 g/mol. The summed E-state index contributed by atoms with van der Waals surface area (Å²) in [5, 5.41) is 0. The molecule has 0 amide bonds. The molecule has 2 aromatic carbocycles. The molecule has 1 heterocycles. The number of halogens is 3. The fourth-order valence-corrected chi connectivity index (χ4v) is 4.54. The normalized spacial score (nSPS) is 12.5. The molecule has 33 heavy (non-hydrogen) atoms. The van der Waals surface area contributed by atoms with E-state index >= 15 is 0 Å². The van der Waals surface area contributed by atoms with E-state index in [1.165, 1.54) is 55.5 Å². The standard InChI is InChI=1S/C20H19F3N4O4S2/c1-3-33(30,31)15-10-4-12(5-11-15)16-17(13-6-8-14(9-7-13)32(2,28)29)25-19(20(21,22)23)26-18(16)27-24/h4-11H,3,24H2,1-2H3,(H,25,26,27). The summed E-state index contributed by atoms with van der Waals surface area (Å²) in [4.78, 5) is 7.18. The Labute approximate surface area is 188 Å². The Hall–Kier alpha value is -3.03. The molecule has 3 aromatic rings. The molecule has 3 N–H and O–H groups in total. The lowest BCUT2D eigenvalue weighted by atomic mass is 9.99. The van der Waals surface area contributed by atoms with Crippen LogP contribution in [0.4, 0.5) is 19.0 Å². The first-order valence-electron chi connectivity index (χ1n) is 9.37. The summed E-state index contributed by atoms with van der Waals surface area (Å²) in [6.45, 7) is 1.49. The minimum atomic E-state index is -4.88. The minimum Gasteiger partial charge on any atom is -0.308 e. The second kappa shape index (κ2) is 8.72. The molecule has 0 aliphatic carbocycles. The highest BCUT2D eigenvalue weighted by molar-refractivity contribution is 7.91. The number of nitrogen functional groups attached to an aromatic ring is 1. The number of nitrogens with one attached hydrogen (secondary N) is 1. The van der Waals surface area contributed by atoms with Crippen LogP contribution < -0.4 is 11.3 Å². The van der Waals surface area contributed by atoms with E-state index < -0.39 is 31.7 Å². The van der Waals surface area contributed by atoms with Gasteiger partial charge in [0.1, 0.15) is 0 Å². The number of rotatable bonds is 6. The Kier molecular flexibility index (Phi) is 6.51. The summed E-state index contributed by atoms with van der Waals surface area (Å²) in [6.07, 6.45) is -3.88. The summed E-state index contributed by atoms with van der Waals surface area (Å²) in [5.74, 6) is 3.55. The van der Waals surface area contributed by atoms with E-state index in [0.717, 1.165) is 6.26 Å². The number of hydrazine groups is 1. The summed E-state index contributed by atoms with van der Waals surface area (Å²) in [6, 6.07) is 10.6. The van der Waals surface area contributed by atoms with E-state index in [0.29, 0.717) is 5.56 Å². The fourth-order valence-electron chi connectivity index (χ4n) is 3.03. The van der Waals surface area contributed by atoms with Crippen LogP contribution in [-0.4, -0.2) is 38.8 Å². The maximum Gasteiger partial charge on any atom is 0.451 e. The average Bonchev–Trinajstić information content (AvgIpc) is 2.77. The predicted octanol–water partition coefficient (Wildman–Crippen LogP) is 3.31. The van der Waals surface area contributed by atoms with Crippen LogP contribution in [0.3, 0.4) is 0 Å². The van der Waals surface area contributed by atoms with Crippen molar-refractivity contribution in [3.05, 3.63) is 54.4 Å². The van der Waals surface area contributed by atoms with Gasteiger partial charge < -0.3 is 5.43 Å².